The predicted octanol–water partition coefficient (Wildman–Crippen LogP) is 0.663. The summed E-state index contributed by atoms with van der Waals surface area (Å²) < 4.78 is 42.6. The second-order valence-electron chi connectivity index (χ2n) is 4.37. The molecule has 0 atom stereocenters. The number of carbonyl (C=O) groups is 1. The molecule has 0 aliphatic carbocycles. The van der Waals surface area contributed by atoms with Gasteiger partial charge in [-0.15, -0.1) is 0 Å². The molecule has 120 valence electrons. The van der Waals surface area contributed by atoms with E-state index in [1.807, 2.05) is 0 Å². The first-order valence-corrected chi connectivity index (χ1v) is 7.61. The molecule has 2 heterocycles. The van der Waals surface area contributed by atoms with Crippen molar-refractivity contribution in [2.75, 3.05) is 12.5 Å². The molecular formula is C12H10N4O6S. The normalized spacial score (nSPS) is 11.6. The smallest absolute Gasteiger partial charge is 0.330 e. The summed E-state index contributed by atoms with van der Waals surface area (Å²) in [5, 5.41) is 2.74. The van der Waals surface area contributed by atoms with Crippen LogP contribution in [0.1, 0.15) is 10.6 Å². The Kier molecular flexibility index (Phi) is 3.50. The van der Waals surface area contributed by atoms with E-state index in [0.29, 0.717) is 0 Å². The second kappa shape index (κ2) is 5.37. The Balaban J connectivity index is 2.06. The molecular weight excluding hydrogens is 328 g/mol. The predicted molar refractivity (Wildman–Crippen MR) is 76.3 cm³/mol. The van der Waals surface area contributed by atoms with E-state index in [-0.39, 0.29) is 22.7 Å². The van der Waals surface area contributed by atoms with Crippen LogP contribution in [0.3, 0.4) is 0 Å². The van der Waals surface area contributed by atoms with E-state index in [9.17, 15) is 17.8 Å². The number of nitrogens with one attached hydrogen (secondary N) is 1. The third-order valence-electron chi connectivity index (χ3n) is 2.90. The van der Waals surface area contributed by atoms with Crippen LogP contribution in [0.4, 0.5) is 0 Å². The molecule has 11 heteroatoms. The number of amides is 1. The van der Waals surface area contributed by atoms with Gasteiger partial charge in [-0.2, -0.15) is 8.42 Å². The highest BCUT2D eigenvalue weighted by Gasteiger charge is 2.24. The molecule has 1 amide bonds. The maximum absolute atomic E-state index is 12.1. The molecule has 0 saturated heterocycles. The van der Waals surface area contributed by atoms with Gasteiger partial charge in [0.1, 0.15) is 0 Å². The highest BCUT2D eigenvalue weighted by atomic mass is 32.2. The zero-order valence-electron chi connectivity index (χ0n) is 11.6. The van der Waals surface area contributed by atoms with Crippen molar-refractivity contribution >= 4 is 27.1 Å². The minimum atomic E-state index is -4.66. The van der Waals surface area contributed by atoms with Crippen LogP contribution in [-0.4, -0.2) is 40.8 Å². The van der Waals surface area contributed by atoms with Gasteiger partial charge in [-0.1, -0.05) is 12.1 Å². The lowest BCUT2D eigenvalue weighted by atomic mass is 10.3. The highest BCUT2D eigenvalue weighted by Crippen LogP contribution is 2.18. The van der Waals surface area contributed by atoms with Gasteiger partial charge in [-0.3, -0.25) is 14.8 Å². The molecule has 3 aromatic rings. The van der Waals surface area contributed by atoms with Gasteiger partial charge in [0.05, 0.1) is 24.2 Å². The lowest BCUT2D eigenvalue weighted by molar-refractivity contribution is 0.0971. The molecule has 0 fully saturated rings. The summed E-state index contributed by atoms with van der Waals surface area (Å²) in [6.45, 7) is 0. The molecule has 10 nitrogen and oxygen atoms in total. The number of rotatable bonds is 4. The number of imidazole rings is 1. The van der Waals surface area contributed by atoms with E-state index in [2.05, 4.69) is 15.6 Å². The Morgan fingerprint density at radius 2 is 2.13 bits per heavy atom. The van der Waals surface area contributed by atoms with Crippen LogP contribution < -0.4 is 10.2 Å². The molecule has 0 bridgehead atoms. The lowest BCUT2D eigenvalue weighted by Crippen LogP contribution is -2.25. The van der Waals surface area contributed by atoms with Crippen LogP contribution in [0.25, 0.3) is 11.0 Å². The number of benzene rings is 1. The minimum absolute atomic E-state index is 0.0839. The number of hydrogen-bond donors (Lipinski definition) is 2. The van der Waals surface area contributed by atoms with Gasteiger partial charge in [0.2, 0.25) is 5.76 Å². The molecule has 1 aromatic carbocycles. The monoisotopic (exact) mass is 338 g/mol. The number of methoxy groups -OCH3 is 1. The van der Waals surface area contributed by atoms with Gasteiger partial charge in [0.25, 0.3) is 11.0 Å². The summed E-state index contributed by atoms with van der Waals surface area (Å²) in [6.07, 6.45) is 0. The average Bonchev–Trinajstić information content (AvgIpc) is 3.12. The number of carbonyl (C=O) groups excluding carboxylic acids is 1. The number of para-hydroxylation sites is 2. The van der Waals surface area contributed by atoms with Crippen LogP contribution >= 0.6 is 0 Å². The quantitative estimate of drug-likeness (QED) is 0.662. The number of nitrogens with zero attached hydrogens (tertiary/aromatic N) is 3. The Bertz CT molecular complexity index is 990. The van der Waals surface area contributed by atoms with Crippen LogP contribution in [0.5, 0.6) is 5.88 Å². The third kappa shape index (κ3) is 2.74. The fraction of sp³-hybridized carbons (Fsp3) is 0.0833. The minimum Gasteiger partial charge on any atom is -0.479 e. The first-order valence-electron chi connectivity index (χ1n) is 6.17. The van der Waals surface area contributed by atoms with E-state index >= 15 is 0 Å². The lowest BCUT2D eigenvalue weighted by Gasteiger charge is -2.07. The zero-order valence-corrected chi connectivity index (χ0v) is 12.4. The maximum atomic E-state index is 12.1. The number of aromatic nitrogens is 3. The van der Waals surface area contributed by atoms with Crippen molar-refractivity contribution in [3.63, 3.8) is 0 Å². The summed E-state index contributed by atoms with van der Waals surface area (Å²) in [4.78, 5) is 15.9. The summed E-state index contributed by atoms with van der Waals surface area (Å²) in [7, 11) is -3.31. The molecule has 2 N–H and O–H groups in total. The fourth-order valence-electron chi connectivity index (χ4n) is 1.90. The Hall–Kier alpha value is -2.92. The van der Waals surface area contributed by atoms with Crippen molar-refractivity contribution < 1.29 is 27.0 Å². The van der Waals surface area contributed by atoms with Gasteiger partial charge in [0.15, 0.2) is 0 Å². The highest BCUT2D eigenvalue weighted by molar-refractivity contribution is 7.85. The van der Waals surface area contributed by atoms with Crippen LogP contribution in [0.15, 0.2) is 40.0 Å². The van der Waals surface area contributed by atoms with Crippen molar-refractivity contribution in [2.45, 2.75) is 5.16 Å². The molecule has 0 spiro atoms. The summed E-state index contributed by atoms with van der Waals surface area (Å²) >= 11 is 0. The van der Waals surface area contributed by atoms with E-state index in [1.54, 1.807) is 12.1 Å². The van der Waals surface area contributed by atoms with Gasteiger partial charge >= 0.3 is 16.0 Å². The molecule has 3 rings (SSSR count). The van der Waals surface area contributed by atoms with Crippen LogP contribution in [-0.2, 0) is 10.1 Å². The summed E-state index contributed by atoms with van der Waals surface area (Å²) in [6, 6.07) is 7.54. The van der Waals surface area contributed by atoms with Gasteiger partial charge in [-0.05, 0) is 17.3 Å². The SMILES string of the molecule is COc1cc(C(=O)Nn2c(S(=O)(=O)O)nc3ccccc32)on1. The zero-order chi connectivity index (χ0) is 16.6. The Morgan fingerprint density at radius 3 is 2.78 bits per heavy atom. The van der Waals surface area contributed by atoms with Crippen molar-refractivity contribution in [1.29, 1.82) is 0 Å². The van der Waals surface area contributed by atoms with Crippen molar-refractivity contribution in [3.05, 3.63) is 36.1 Å². The largest absolute Gasteiger partial charge is 0.479 e. The van der Waals surface area contributed by atoms with Crippen LogP contribution in [0.2, 0.25) is 0 Å². The number of hydrogen-bond acceptors (Lipinski definition) is 7. The van der Waals surface area contributed by atoms with Crippen LogP contribution in [0, 0.1) is 0 Å². The summed E-state index contributed by atoms with van der Waals surface area (Å²) in [5.74, 6) is -0.921. The Morgan fingerprint density at radius 1 is 1.39 bits per heavy atom. The topological polar surface area (TPSA) is 137 Å². The summed E-state index contributed by atoms with van der Waals surface area (Å²) in [5.41, 5.74) is 2.83. The maximum Gasteiger partial charge on any atom is 0.330 e. The second-order valence-corrected chi connectivity index (χ2v) is 5.68. The molecule has 0 saturated carbocycles. The molecule has 0 aliphatic heterocycles. The van der Waals surface area contributed by atoms with E-state index in [1.165, 1.54) is 25.3 Å². The molecule has 0 aliphatic rings. The van der Waals surface area contributed by atoms with Gasteiger partial charge in [0, 0.05) is 0 Å². The molecule has 0 radical (unpaired) electrons. The Labute approximate surface area is 129 Å². The molecule has 2 aromatic heterocycles. The van der Waals surface area contributed by atoms with Gasteiger partial charge < -0.3 is 9.26 Å². The van der Waals surface area contributed by atoms with E-state index in [0.717, 1.165) is 4.68 Å². The third-order valence-corrected chi connectivity index (χ3v) is 3.63. The first-order chi connectivity index (χ1) is 10.9. The van der Waals surface area contributed by atoms with Crippen molar-refractivity contribution in [1.82, 2.24) is 14.8 Å². The average molecular weight is 338 g/mol. The van der Waals surface area contributed by atoms with E-state index in [4.69, 9.17) is 9.26 Å². The van der Waals surface area contributed by atoms with Crippen molar-refractivity contribution in [2.24, 2.45) is 0 Å². The van der Waals surface area contributed by atoms with Crippen molar-refractivity contribution in [3.8, 4) is 5.88 Å². The van der Waals surface area contributed by atoms with Gasteiger partial charge in [-0.25, -0.2) is 9.66 Å². The number of ether oxygens (including phenoxy) is 1. The van der Waals surface area contributed by atoms with E-state index < -0.39 is 21.2 Å². The fourth-order valence-corrected chi connectivity index (χ4v) is 2.49. The number of fused-ring (bicyclic) bond motifs is 1. The standard InChI is InChI=1S/C12H10N4O6S/c1-21-10-6-9(22-15-10)11(17)14-16-8-5-3-2-4-7(8)13-12(16)23(18,19)20/h2-6H,1H3,(H,14,17)(H,18,19,20). The molecule has 23 heavy (non-hydrogen) atoms. The molecule has 0 unspecified atom stereocenters. The first kappa shape index (κ1) is 15.0.